The molecule has 0 aromatic heterocycles. The van der Waals surface area contributed by atoms with Crippen molar-refractivity contribution in [3.05, 3.63) is 23.3 Å². The standard InChI is InChI=1S/C17H27NO3S/c1-5-10-21-16-11-14(4)15(13(2)3)12-17(16)22(19,20)18-8-6-7-9-18/h11-13H,5-10H2,1-4H3. The molecule has 124 valence electrons. The van der Waals surface area contributed by atoms with Crippen molar-refractivity contribution in [2.45, 2.75) is 57.8 Å². The van der Waals surface area contributed by atoms with Crippen molar-refractivity contribution in [3.8, 4) is 5.75 Å². The minimum absolute atomic E-state index is 0.285. The van der Waals surface area contributed by atoms with Gasteiger partial charge in [0.1, 0.15) is 10.6 Å². The molecule has 4 nitrogen and oxygen atoms in total. The van der Waals surface area contributed by atoms with Crippen molar-refractivity contribution in [2.75, 3.05) is 19.7 Å². The summed E-state index contributed by atoms with van der Waals surface area (Å²) in [4.78, 5) is 0.331. The maximum atomic E-state index is 13.0. The summed E-state index contributed by atoms with van der Waals surface area (Å²) in [5.74, 6) is 0.781. The van der Waals surface area contributed by atoms with E-state index in [4.69, 9.17) is 4.74 Å². The van der Waals surface area contributed by atoms with Gasteiger partial charge in [-0.3, -0.25) is 0 Å². The van der Waals surface area contributed by atoms with E-state index in [1.54, 1.807) is 4.31 Å². The van der Waals surface area contributed by atoms with E-state index in [-0.39, 0.29) is 5.92 Å². The molecule has 0 atom stereocenters. The van der Waals surface area contributed by atoms with Gasteiger partial charge in [-0.05, 0) is 55.4 Å². The number of rotatable bonds is 6. The molecule has 0 radical (unpaired) electrons. The molecule has 0 bridgehead atoms. The van der Waals surface area contributed by atoms with Crippen LogP contribution in [0, 0.1) is 6.92 Å². The van der Waals surface area contributed by atoms with E-state index < -0.39 is 10.0 Å². The molecular weight excluding hydrogens is 298 g/mol. The lowest BCUT2D eigenvalue weighted by Gasteiger charge is -2.21. The molecule has 0 saturated carbocycles. The Morgan fingerprint density at radius 2 is 1.86 bits per heavy atom. The predicted octanol–water partition coefficient (Wildman–Crippen LogP) is 3.69. The summed E-state index contributed by atoms with van der Waals surface area (Å²) < 4.78 is 33.2. The van der Waals surface area contributed by atoms with Crippen LogP contribution in [-0.2, 0) is 10.0 Å². The fourth-order valence-corrected chi connectivity index (χ4v) is 4.56. The molecule has 1 fully saturated rings. The van der Waals surface area contributed by atoms with Crippen LogP contribution in [-0.4, -0.2) is 32.4 Å². The molecule has 1 aromatic carbocycles. The summed E-state index contributed by atoms with van der Waals surface area (Å²) in [5, 5.41) is 0. The van der Waals surface area contributed by atoms with Gasteiger partial charge in [-0.25, -0.2) is 8.42 Å². The molecule has 0 N–H and O–H groups in total. The SMILES string of the molecule is CCCOc1cc(C)c(C(C)C)cc1S(=O)(=O)N1CCCC1. The largest absolute Gasteiger partial charge is 0.492 e. The van der Waals surface area contributed by atoms with E-state index in [0.717, 1.165) is 30.4 Å². The lowest BCUT2D eigenvalue weighted by atomic mass is 9.98. The Kier molecular flexibility index (Phi) is 5.50. The molecule has 2 rings (SSSR count). The van der Waals surface area contributed by atoms with Gasteiger partial charge < -0.3 is 4.74 Å². The smallest absolute Gasteiger partial charge is 0.246 e. The molecule has 1 aliphatic rings. The highest BCUT2D eigenvalue weighted by atomic mass is 32.2. The van der Waals surface area contributed by atoms with Crippen molar-refractivity contribution in [3.63, 3.8) is 0 Å². The topological polar surface area (TPSA) is 46.6 Å². The number of ether oxygens (including phenoxy) is 1. The minimum Gasteiger partial charge on any atom is -0.492 e. The van der Waals surface area contributed by atoms with E-state index >= 15 is 0 Å². The number of hydrogen-bond donors (Lipinski definition) is 0. The first-order chi connectivity index (χ1) is 10.4. The zero-order valence-electron chi connectivity index (χ0n) is 14.1. The Hall–Kier alpha value is -1.07. The van der Waals surface area contributed by atoms with E-state index in [2.05, 4.69) is 13.8 Å². The van der Waals surface area contributed by atoms with Gasteiger partial charge in [0, 0.05) is 13.1 Å². The van der Waals surface area contributed by atoms with Crippen LogP contribution in [0.15, 0.2) is 17.0 Å². The monoisotopic (exact) mass is 325 g/mol. The average molecular weight is 325 g/mol. The molecule has 0 unspecified atom stereocenters. The zero-order valence-corrected chi connectivity index (χ0v) is 14.9. The van der Waals surface area contributed by atoms with Crippen molar-refractivity contribution >= 4 is 10.0 Å². The Morgan fingerprint density at radius 1 is 1.23 bits per heavy atom. The van der Waals surface area contributed by atoms with Crippen molar-refractivity contribution in [1.29, 1.82) is 0 Å². The van der Waals surface area contributed by atoms with Gasteiger partial charge in [0.2, 0.25) is 10.0 Å². The summed E-state index contributed by atoms with van der Waals surface area (Å²) >= 11 is 0. The Balaban J connectivity index is 2.52. The molecule has 1 heterocycles. The first-order valence-electron chi connectivity index (χ1n) is 8.15. The number of sulfonamides is 1. The molecule has 1 aliphatic heterocycles. The van der Waals surface area contributed by atoms with Crippen LogP contribution in [0.2, 0.25) is 0 Å². The number of aryl methyl sites for hydroxylation is 1. The Labute approximate surface area is 134 Å². The number of benzene rings is 1. The fraction of sp³-hybridized carbons (Fsp3) is 0.647. The van der Waals surface area contributed by atoms with Gasteiger partial charge in [-0.1, -0.05) is 20.8 Å². The van der Waals surface area contributed by atoms with E-state index in [9.17, 15) is 8.42 Å². The Bertz CT molecular complexity index is 617. The zero-order chi connectivity index (χ0) is 16.3. The van der Waals surface area contributed by atoms with Crippen LogP contribution >= 0.6 is 0 Å². The molecule has 1 saturated heterocycles. The molecule has 5 heteroatoms. The van der Waals surface area contributed by atoms with Crippen molar-refractivity contribution < 1.29 is 13.2 Å². The van der Waals surface area contributed by atoms with Crippen LogP contribution in [0.4, 0.5) is 0 Å². The van der Waals surface area contributed by atoms with Crippen LogP contribution in [0.3, 0.4) is 0 Å². The number of nitrogens with zero attached hydrogens (tertiary/aromatic N) is 1. The normalized spacial score (nSPS) is 16.4. The lowest BCUT2D eigenvalue weighted by molar-refractivity contribution is 0.307. The summed E-state index contributed by atoms with van der Waals surface area (Å²) in [6.45, 7) is 9.95. The van der Waals surface area contributed by atoms with Crippen LogP contribution in [0.25, 0.3) is 0 Å². The second kappa shape index (κ2) is 7.01. The molecule has 22 heavy (non-hydrogen) atoms. The quantitative estimate of drug-likeness (QED) is 0.801. The molecule has 0 spiro atoms. The summed E-state index contributed by atoms with van der Waals surface area (Å²) in [5.41, 5.74) is 2.16. The third kappa shape index (κ3) is 3.46. The maximum Gasteiger partial charge on any atom is 0.246 e. The highest BCUT2D eigenvalue weighted by Gasteiger charge is 2.31. The maximum absolute atomic E-state index is 13.0. The summed E-state index contributed by atoms with van der Waals surface area (Å²) in [7, 11) is -3.46. The second-order valence-corrected chi connectivity index (χ2v) is 8.18. The van der Waals surface area contributed by atoms with Gasteiger partial charge in [-0.2, -0.15) is 4.31 Å². The third-order valence-electron chi connectivity index (χ3n) is 4.10. The van der Waals surface area contributed by atoms with Crippen LogP contribution < -0.4 is 4.74 Å². The first-order valence-corrected chi connectivity index (χ1v) is 9.59. The Morgan fingerprint density at radius 3 is 2.41 bits per heavy atom. The second-order valence-electron chi connectivity index (χ2n) is 6.27. The average Bonchev–Trinajstić information content (AvgIpc) is 2.99. The van der Waals surface area contributed by atoms with Crippen LogP contribution in [0.5, 0.6) is 5.75 Å². The summed E-state index contributed by atoms with van der Waals surface area (Å²) in [6.07, 6.45) is 2.73. The highest BCUT2D eigenvalue weighted by molar-refractivity contribution is 7.89. The third-order valence-corrected chi connectivity index (χ3v) is 6.02. The summed E-state index contributed by atoms with van der Waals surface area (Å²) in [6, 6.07) is 3.70. The molecular formula is C17H27NO3S. The van der Waals surface area contributed by atoms with E-state index in [1.165, 1.54) is 0 Å². The van der Waals surface area contributed by atoms with E-state index in [0.29, 0.717) is 30.3 Å². The molecule has 1 aromatic rings. The van der Waals surface area contributed by atoms with Crippen molar-refractivity contribution in [1.82, 2.24) is 4.31 Å². The predicted molar refractivity (Wildman–Crippen MR) is 89.0 cm³/mol. The van der Waals surface area contributed by atoms with Gasteiger partial charge in [0.25, 0.3) is 0 Å². The van der Waals surface area contributed by atoms with Gasteiger partial charge in [-0.15, -0.1) is 0 Å². The van der Waals surface area contributed by atoms with Gasteiger partial charge in [0.15, 0.2) is 0 Å². The molecule has 0 aliphatic carbocycles. The lowest BCUT2D eigenvalue weighted by Crippen LogP contribution is -2.28. The molecule has 0 amide bonds. The van der Waals surface area contributed by atoms with Gasteiger partial charge >= 0.3 is 0 Å². The minimum atomic E-state index is -3.46. The fourth-order valence-electron chi connectivity index (χ4n) is 2.89. The van der Waals surface area contributed by atoms with Gasteiger partial charge in [0.05, 0.1) is 6.61 Å². The van der Waals surface area contributed by atoms with Crippen LogP contribution in [0.1, 0.15) is 57.1 Å². The van der Waals surface area contributed by atoms with E-state index in [1.807, 2.05) is 26.0 Å². The first kappa shape index (κ1) is 17.3. The van der Waals surface area contributed by atoms with Crippen molar-refractivity contribution in [2.24, 2.45) is 0 Å². The highest BCUT2D eigenvalue weighted by Crippen LogP contribution is 2.34. The number of hydrogen-bond acceptors (Lipinski definition) is 3.